The molecule has 0 aromatic heterocycles. The summed E-state index contributed by atoms with van der Waals surface area (Å²) in [4.78, 5) is -0.0650. The Morgan fingerprint density at radius 2 is 1.80 bits per heavy atom. The highest BCUT2D eigenvalue weighted by Gasteiger charge is 2.19. The molecule has 0 unspecified atom stereocenters. The standard InChI is InChI=1S/C12H11BrFN3O2S/c13-8-5-6-10(9(14)7-8)17-20(18,19)12-4-2-1-3-11(12)16-15/h1-7,16-17H,15H2. The van der Waals surface area contributed by atoms with Gasteiger partial charge in [0.1, 0.15) is 10.7 Å². The zero-order valence-corrected chi connectivity index (χ0v) is 12.5. The van der Waals surface area contributed by atoms with Gasteiger partial charge in [-0.05, 0) is 30.3 Å². The van der Waals surface area contributed by atoms with Gasteiger partial charge in [0.15, 0.2) is 0 Å². The Hall–Kier alpha value is -1.64. The van der Waals surface area contributed by atoms with Crippen molar-refractivity contribution in [2.24, 2.45) is 5.84 Å². The van der Waals surface area contributed by atoms with E-state index in [0.717, 1.165) is 0 Å². The highest BCUT2D eigenvalue weighted by atomic mass is 79.9. The lowest BCUT2D eigenvalue weighted by Gasteiger charge is -2.12. The van der Waals surface area contributed by atoms with Crippen molar-refractivity contribution in [2.75, 3.05) is 10.1 Å². The Bertz CT molecular complexity index is 737. The largest absolute Gasteiger partial charge is 0.323 e. The number of halogens is 2. The summed E-state index contributed by atoms with van der Waals surface area (Å²) in [5, 5.41) is 0. The van der Waals surface area contributed by atoms with E-state index in [4.69, 9.17) is 5.84 Å². The summed E-state index contributed by atoms with van der Waals surface area (Å²) in [6, 6.07) is 10.1. The highest BCUT2D eigenvalue weighted by molar-refractivity contribution is 9.10. The fourth-order valence-electron chi connectivity index (χ4n) is 1.59. The summed E-state index contributed by atoms with van der Waals surface area (Å²) >= 11 is 3.10. The summed E-state index contributed by atoms with van der Waals surface area (Å²) in [5.41, 5.74) is 2.37. The third-order valence-corrected chi connectivity index (χ3v) is 4.42. The highest BCUT2D eigenvalue weighted by Crippen LogP contribution is 2.25. The van der Waals surface area contributed by atoms with Crippen LogP contribution in [0.1, 0.15) is 0 Å². The topological polar surface area (TPSA) is 84.2 Å². The van der Waals surface area contributed by atoms with Gasteiger partial charge in [-0.3, -0.25) is 10.6 Å². The van der Waals surface area contributed by atoms with Crippen LogP contribution in [0.3, 0.4) is 0 Å². The lowest BCUT2D eigenvalue weighted by molar-refractivity contribution is 0.598. The molecule has 0 aliphatic heterocycles. The summed E-state index contributed by atoms with van der Waals surface area (Å²) in [7, 11) is -3.94. The number of nitrogens with one attached hydrogen (secondary N) is 2. The van der Waals surface area contributed by atoms with Gasteiger partial charge in [-0.25, -0.2) is 12.8 Å². The second kappa shape index (κ2) is 5.78. The first-order chi connectivity index (χ1) is 9.44. The molecule has 0 radical (unpaired) electrons. The molecule has 8 heteroatoms. The van der Waals surface area contributed by atoms with Gasteiger partial charge in [0.25, 0.3) is 10.0 Å². The van der Waals surface area contributed by atoms with E-state index < -0.39 is 15.8 Å². The number of hydrogen-bond acceptors (Lipinski definition) is 4. The van der Waals surface area contributed by atoms with E-state index in [0.29, 0.717) is 4.47 Å². The van der Waals surface area contributed by atoms with E-state index in [1.807, 2.05) is 0 Å². The number of sulfonamides is 1. The van der Waals surface area contributed by atoms with Crippen molar-refractivity contribution in [1.82, 2.24) is 0 Å². The Morgan fingerprint density at radius 3 is 2.45 bits per heavy atom. The van der Waals surface area contributed by atoms with Gasteiger partial charge in [0, 0.05) is 4.47 Å². The second-order valence-electron chi connectivity index (χ2n) is 3.87. The number of hydrogen-bond donors (Lipinski definition) is 3. The average molecular weight is 360 g/mol. The van der Waals surface area contributed by atoms with Gasteiger partial charge in [-0.1, -0.05) is 28.1 Å². The van der Waals surface area contributed by atoms with Gasteiger partial charge >= 0.3 is 0 Å². The van der Waals surface area contributed by atoms with Crippen molar-refractivity contribution in [2.45, 2.75) is 4.90 Å². The molecular weight excluding hydrogens is 349 g/mol. The number of nitrogen functional groups attached to an aromatic ring is 1. The van der Waals surface area contributed by atoms with Crippen molar-refractivity contribution in [1.29, 1.82) is 0 Å². The molecule has 2 aromatic carbocycles. The fraction of sp³-hybridized carbons (Fsp3) is 0. The zero-order valence-electron chi connectivity index (χ0n) is 10.1. The van der Waals surface area contributed by atoms with Crippen molar-refractivity contribution < 1.29 is 12.8 Å². The predicted molar refractivity (Wildman–Crippen MR) is 79.2 cm³/mol. The van der Waals surface area contributed by atoms with Crippen molar-refractivity contribution >= 4 is 37.3 Å². The third kappa shape index (κ3) is 3.09. The summed E-state index contributed by atoms with van der Waals surface area (Å²) < 4.78 is 40.8. The molecule has 0 bridgehead atoms. The number of nitrogens with two attached hydrogens (primary N) is 1. The summed E-state index contributed by atoms with van der Waals surface area (Å²) in [6.45, 7) is 0. The molecule has 20 heavy (non-hydrogen) atoms. The molecule has 0 saturated heterocycles. The maximum Gasteiger partial charge on any atom is 0.264 e. The first-order valence-corrected chi connectivity index (χ1v) is 7.75. The quantitative estimate of drug-likeness (QED) is 0.578. The lowest BCUT2D eigenvalue weighted by atomic mass is 10.3. The predicted octanol–water partition coefficient (Wildman–Crippen LogP) is 2.67. The van der Waals surface area contributed by atoms with E-state index >= 15 is 0 Å². The minimum absolute atomic E-state index is 0.0650. The molecule has 0 aliphatic rings. The van der Waals surface area contributed by atoms with Crippen molar-refractivity contribution in [3.8, 4) is 0 Å². The first kappa shape index (κ1) is 14.8. The average Bonchev–Trinajstić information content (AvgIpc) is 2.42. The van der Waals surface area contributed by atoms with Crippen molar-refractivity contribution in [3.63, 3.8) is 0 Å². The van der Waals surface area contributed by atoms with Crippen LogP contribution in [0, 0.1) is 5.82 Å². The van der Waals surface area contributed by atoms with Crippen LogP contribution in [-0.2, 0) is 10.0 Å². The van der Waals surface area contributed by atoms with Gasteiger partial charge < -0.3 is 5.43 Å². The summed E-state index contributed by atoms with van der Waals surface area (Å²) in [5.74, 6) is 4.59. The van der Waals surface area contributed by atoms with E-state index in [1.165, 1.54) is 30.3 Å². The van der Waals surface area contributed by atoms with Gasteiger partial charge in [0.05, 0.1) is 11.4 Å². The molecule has 0 fully saturated rings. The smallest absolute Gasteiger partial charge is 0.264 e. The van der Waals surface area contributed by atoms with Crippen LogP contribution < -0.4 is 16.0 Å². The number of hydrazine groups is 1. The Balaban J connectivity index is 2.41. The van der Waals surface area contributed by atoms with E-state index in [9.17, 15) is 12.8 Å². The van der Waals surface area contributed by atoms with E-state index in [-0.39, 0.29) is 16.3 Å². The minimum atomic E-state index is -3.94. The molecule has 0 atom stereocenters. The molecule has 0 spiro atoms. The van der Waals surface area contributed by atoms with Crippen LogP contribution in [0.4, 0.5) is 15.8 Å². The Morgan fingerprint density at radius 1 is 1.10 bits per heavy atom. The molecular formula is C12H11BrFN3O2S. The molecule has 5 nitrogen and oxygen atoms in total. The number of benzene rings is 2. The maximum absolute atomic E-state index is 13.7. The first-order valence-electron chi connectivity index (χ1n) is 5.47. The second-order valence-corrected chi connectivity index (χ2v) is 6.44. The molecule has 106 valence electrons. The minimum Gasteiger partial charge on any atom is -0.323 e. The van der Waals surface area contributed by atoms with Crippen molar-refractivity contribution in [3.05, 3.63) is 52.8 Å². The lowest BCUT2D eigenvalue weighted by Crippen LogP contribution is -2.18. The maximum atomic E-state index is 13.7. The van der Waals surface area contributed by atoms with Crippen LogP contribution in [0.5, 0.6) is 0 Å². The molecule has 0 amide bonds. The molecule has 0 saturated carbocycles. The Kier molecular flexibility index (Phi) is 4.26. The molecule has 2 rings (SSSR count). The van der Waals surface area contributed by atoms with Crippen LogP contribution in [0.15, 0.2) is 51.8 Å². The molecule has 0 aliphatic carbocycles. The molecule has 2 aromatic rings. The Labute approximate surface area is 124 Å². The molecule has 4 N–H and O–H groups in total. The van der Waals surface area contributed by atoms with Crippen LogP contribution >= 0.6 is 15.9 Å². The SMILES string of the molecule is NNc1ccccc1S(=O)(=O)Nc1ccc(Br)cc1F. The zero-order chi connectivity index (χ0) is 14.8. The number of para-hydroxylation sites is 1. The van der Waals surface area contributed by atoms with Gasteiger partial charge in [0.2, 0.25) is 0 Å². The molecule has 0 heterocycles. The van der Waals surface area contributed by atoms with Crippen LogP contribution in [-0.4, -0.2) is 8.42 Å². The van der Waals surface area contributed by atoms with Gasteiger partial charge in [-0.15, -0.1) is 0 Å². The van der Waals surface area contributed by atoms with Gasteiger partial charge in [-0.2, -0.15) is 0 Å². The van der Waals surface area contributed by atoms with E-state index in [2.05, 4.69) is 26.1 Å². The monoisotopic (exact) mass is 359 g/mol. The van der Waals surface area contributed by atoms with Crippen LogP contribution in [0.2, 0.25) is 0 Å². The van der Waals surface area contributed by atoms with E-state index in [1.54, 1.807) is 12.1 Å². The number of anilines is 2. The summed E-state index contributed by atoms with van der Waals surface area (Å²) in [6.07, 6.45) is 0. The fourth-order valence-corrected chi connectivity index (χ4v) is 3.16. The third-order valence-electron chi connectivity index (χ3n) is 2.51. The van der Waals surface area contributed by atoms with Crippen LogP contribution in [0.25, 0.3) is 0 Å². The number of rotatable bonds is 4. The normalized spacial score (nSPS) is 11.2.